The van der Waals surface area contributed by atoms with E-state index in [1.165, 1.54) is 0 Å². The lowest BCUT2D eigenvalue weighted by atomic mass is 10.1. The Bertz CT molecular complexity index is 962. The van der Waals surface area contributed by atoms with Crippen molar-refractivity contribution >= 4 is 10.0 Å². The van der Waals surface area contributed by atoms with Crippen LogP contribution in [0.4, 0.5) is 0 Å². The Balaban J connectivity index is 1.78. The number of hydrogen-bond donors (Lipinski definition) is 1. The van der Waals surface area contributed by atoms with Gasteiger partial charge in [-0.1, -0.05) is 52.7 Å². The Kier molecular flexibility index (Phi) is 4.69. The van der Waals surface area contributed by atoms with Crippen molar-refractivity contribution in [3.05, 3.63) is 65.5 Å². The number of benzene rings is 2. The number of sulfonamides is 1. The van der Waals surface area contributed by atoms with Crippen molar-refractivity contribution in [2.24, 2.45) is 0 Å². The zero-order valence-corrected chi connectivity index (χ0v) is 15.0. The monoisotopic (exact) mass is 357 g/mol. The molecule has 1 aromatic heterocycles. The van der Waals surface area contributed by atoms with Gasteiger partial charge in [0.1, 0.15) is 0 Å². The van der Waals surface area contributed by atoms with Crippen molar-refractivity contribution in [2.75, 3.05) is 0 Å². The Morgan fingerprint density at radius 2 is 1.52 bits per heavy atom. The summed E-state index contributed by atoms with van der Waals surface area (Å²) < 4.78 is 32.7. The van der Waals surface area contributed by atoms with Gasteiger partial charge in [-0.25, -0.2) is 8.42 Å². The van der Waals surface area contributed by atoms with Gasteiger partial charge >= 0.3 is 0 Å². The molecule has 7 heteroatoms. The van der Waals surface area contributed by atoms with Crippen LogP contribution >= 0.6 is 0 Å². The van der Waals surface area contributed by atoms with Gasteiger partial charge in [-0.2, -0.15) is 9.71 Å². The Morgan fingerprint density at radius 1 is 0.960 bits per heavy atom. The highest BCUT2D eigenvalue weighted by Gasteiger charge is 2.22. The Hall–Kier alpha value is -2.51. The predicted octanol–water partition coefficient (Wildman–Crippen LogP) is 3.39. The molecule has 3 aromatic rings. The Morgan fingerprint density at radius 3 is 2.12 bits per heavy atom. The predicted molar refractivity (Wildman–Crippen MR) is 94.4 cm³/mol. The highest BCUT2D eigenvalue weighted by atomic mass is 32.2. The maximum atomic E-state index is 12.4. The third kappa shape index (κ3) is 3.94. The summed E-state index contributed by atoms with van der Waals surface area (Å²) in [6.45, 7) is 5.56. The summed E-state index contributed by atoms with van der Waals surface area (Å²) in [5.41, 5.74) is 2.94. The molecule has 0 spiro atoms. The van der Waals surface area contributed by atoms with Crippen LogP contribution in [0.1, 0.15) is 30.0 Å². The van der Waals surface area contributed by atoms with E-state index in [1.807, 2.05) is 38.1 Å². The van der Waals surface area contributed by atoms with E-state index >= 15 is 0 Å². The van der Waals surface area contributed by atoms with Crippen LogP contribution in [0.2, 0.25) is 0 Å². The molecule has 6 nitrogen and oxygen atoms in total. The fourth-order valence-corrected chi connectivity index (χ4v) is 3.50. The smallest absolute Gasteiger partial charge is 0.244 e. The second-order valence-electron chi connectivity index (χ2n) is 5.98. The molecule has 0 amide bonds. The van der Waals surface area contributed by atoms with Crippen LogP contribution in [-0.4, -0.2) is 18.6 Å². The molecule has 0 unspecified atom stereocenters. The lowest BCUT2D eigenvalue weighted by Crippen LogP contribution is -2.27. The van der Waals surface area contributed by atoms with E-state index in [4.69, 9.17) is 4.52 Å². The minimum Gasteiger partial charge on any atom is -0.337 e. The van der Waals surface area contributed by atoms with Crippen molar-refractivity contribution in [2.45, 2.75) is 31.7 Å². The summed E-state index contributed by atoms with van der Waals surface area (Å²) in [6, 6.07) is 13.7. The van der Waals surface area contributed by atoms with E-state index in [9.17, 15) is 8.42 Å². The van der Waals surface area contributed by atoms with Crippen LogP contribution in [0, 0.1) is 13.8 Å². The third-order valence-electron chi connectivity index (χ3n) is 3.79. The molecule has 0 aliphatic carbocycles. The minimum atomic E-state index is -3.66. The maximum absolute atomic E-state index is 12.4. The normalized spacial score (nSPS) is 12.9. The molecule has 0 aliphatic rings. The van der Waals surface area contributed by atoms with Crippen LogP contribution in [0.15, 0.2) is 57.9 Å². The molecular weight excluding hydrogens is 338 g/mol. The van der Waals surface area contributed by atoms with Gasteiger partial charge in [-0.05, 0) is 32.9 Å². The standard InChI is InChI=1S/C18H19N3O3S/c1-12-4-8-15(9-5-12)17-19-18(24-20-17)14(3)21-25(22,23)16-10-6-13(2)7-11-16/h4-11,14,21H,1-3H3/t14-/m0/s1. The molecule has 0 aliphatic heterocycles. The Labute approximate surface area is 147 Å². The van der Waals surface area contributed by atoms with E-state index < -0.39 is 16.1 Å². The summed E-state index contributed by atoms with van der Waals surface area (Å²) in [7, 11) is -3.66. The quantitative estimate of drug-likeness (QED) is 0.756. The van der Waals surface area contributed by atoms with E-state index in [2.05, 4.69) is 14.9 Å². The molecule has 3 rings (SSSR count). The lowest BCUT2D eigenvalue weighted by molar-refractivity contribution is 0.354. The average molecular weight is 357 g/mol. The fraction of sp³-hybridized carbons (Fsp3) is 0.222. The SMILES string of the molecule is Cc1ccc(-c2noc([C@H](C)NS(=O)(=O)c3ccc(C)cc3)n2)cc1. The fourth-order valence-electron chi connectivity index (χ4n) is 2.30. The second-order valence-corrected chi connectivity index (χ2v) is 7.69. The minimum absolute atomic E-state index is 0.197. The van der Waals surface area contributed by atoms with Crippen molar-refractivity contribution < 1.29 is 12.9 Å². The number of aromatic nitrogens is 2. The first kappa shape index (κ1) is 17.3. The van der Waals surface area contributed by atoms with Gasteiger partial charge in [0.15, 0.2) is 0 Å². The number of aryl methyl sites for hydroxylation is 2. The van der Waals surface area contributed by atoms with Crippen LogP contribution in [-0.2, 0) is 10.0 Å². The molecule has 1 atom stereocenters. The summed E-state index contributed by atoms with van der Waals surface area (Å²) >= 11 is 0. The van der Waals surface area contributed by atoms with Crippen molar-refractivity contribution in [1.29, 1.82) is 0 Å². The highest BCUT2D eigenvalue weighted by molar-refractivity contribution is 7.89. The van der Waals surface area contributed by atoms with Crippen LogP contribution in [0.25, 0.3) is 11.4 Å². The first-order valence-corrected chi connectivity index (χ1v) is 9.33. The second kappa shape index (κ2) is 6.78. The summed E-state index contributed by atoms with van der Waals surface area (Å²) in [4.78, 5) is 4.49. The number of hydrogen-bond acceptors (Lipinski definition) is 5. The molecule has 0 bridgehead atoms. The van der Waals surface area contributed by atoms with E-state index in [-0.39, 0.29) is 10.8 Å². The molecule has 130 valence electrons. The lowest BCUT2D eigenvalue weighted by Gasteiger charge is -2.10. The van der Waals surface area contributed by atoms with Gasteiger partial charge in [0.25, 0.3) is 0 Å². The molecular formula is C18H19N3O3S. The van der Waals surface area contributed by atoms with Crippen molar-refractivity contribution in [3.8, 4) is 11.4 Å². The molecule has 1 N–H and O–H groups in total. The maximum Gasteiger partial charge on any atom is 0.244 e. The van der Waals surface area contributed by atoms with Crippen molar-refractivity contribution in [3.63, 3.8) is 0 Å². The van der Waals surface area contributed by atoms with Gasteiger partial charge in [0, 0.05) is 5.56 Å². The topological polar surface area (TPSA) is 85.1 Å². The molecule has 0 saturated carbocycles. The number of rotatable bonds is 5. The molecule has 0 saturated heterocycles. The average Bonchev–Trinajstić information content (AvgIpc) is 3.06. The molecule has 0 fully saturated rings. The van der Waals surface area contributed by atoms with E-state index in [0.29, 0.717) is 5.82 Å². The van der Waals surface area contributed by atoms with Gasteiger partial charge in [-0.15, -0.1) is 0 Å². The van der Waals surface area contributed by atoms with Crippen LogP contribution in [0.3, 0.4) is 0 Å². The first-order valence-electron chi connectivity index (χ1n) is 7.85. The zero-order valence-electron chi connectivity index (χ0n) is 14.2. The summed E-state index contributed by atoms with van der Waals surface area (Å²) in [5, 5.41) is 3.93. The molecule has 1 heterocycles. The van der Waals surface area contributed by atoms with Gasteiger partial charge in [0.2, 0.25) is 21.7 Å². The first-order chi connectivity index (χ1) is 11.8. The van der Waals surface area contributed by atoms with Gasteiger partial charge < -0.3 is 4.52 Å². The number of nitrogens with one attached hydrogen (secondary N) is 1. The largest absolute Gasteiger partial charge is 0.337 e. The third-order valence-corrected chi connectivity index (χ3v) is 5.34. The van der Waals surface area contributed by atoms with Crippen LogP contribution in [0.5, 0.6) is 0 Å². The molecule has 2 aromatic carbocycles. The molecule has 25 heavy (non-hydrogen) atoms. The van der Waals surface area contributed by atoms with Gasteiger partial charge in [0.05, 0.1) is 10.9 Å². The van der Waals surface area contributed by atoms with E-state index in [1.54, 1.807) is 31.2 Å². The van der Waals surface area contributed by atoms with Crippen molar-refractivity contribution in [1.82, 2.24) is 14.9 Å². The van der Waals surface area contributed by atoms with Crippen LogP contribution < -0.4 is 4.72 Å². The summed E-state index contributed by atoms with van der Waals surface area (Å²) in [6.07, 6.45) is 0. The summed E-state index contributed by atoms with van der Waals surface area (Å²) in [5.74, 6) is 0.641. The molecule has 0 radical (unpaired) electrons. The number of nitrogens with zero attached hydrogens (tertiary/aromatic N) is 2. The van der Waals surface area contributed by atoms with Gasteiger partial charge in [-0.3, -0.25) is 0 Å². The van der Waals surface area contributed by atoms with E-state index in [0.717, 1.165) is 16.7 Å². The highest BCUT2D eigenvalue weighted by Crippen LogP contribution is 2.20. The zero-order chi connectivity index (χ0) is 18.0.